The zero-order chi connectivity index (χ0) is 31.1. The van der Waals surface area contributed by atoms with Crippen LogP contribution in [0.2, 0.25) is 0 Å². The number of hydrogen-bond donors (Lipinski definition) is 1. The number of nitrogens with one attached hydrogen (secondary N) is 1. The van der Waals surface area contributed by atoms with E-state index in [2.05, 4.69) is 103 Å². The number of carbonyl (C=O) groups excluding carboxylic acids is 1. The summed E-state index contributed by atoms with van der Waals surface area (Å²) in [6.45, 7) is 3.75. The van der Waals surface area contributed by atoms with E-state index in [-0.39, 0.29) is 45.8 Å². The van der Waals surface area contributed by atoms with Crippen molar-refractivity contribution in [3.05, 3.63) is 86.3 Å². The summed E-state index contributed by atoms with van der Waals surface area (Å²) in [6.07, 6.45) is 30.7. The van der Waals surface area contributed by atoms with Gasteiger partial charge in [-0.15, -0.1) is 0 Å². The third-order valence-corrected chi connectivity index (χ3v) is 16.8. The second-order valence-electron chi connectivity index (χ2n) is 13.4. The van der Waals surface area contributed by atoms with Gasteiger partial charge in [0.2, 0.25) is 0 Å². The summed E-state index contributed by atoms with van der Waals surface area (Å²) < 4.78 is 0. The van der Waals surface area contributed by atoms with Gasteiger partial charge in [0, 0.05) is 38.6 Å². The fraction of sp³-hybridized carbons (Fsp3) is 0.575. The molecule has 3 saturated carbocycles. The van der Waals surface area contributed by atoms with E-state index in [1.807, 2.05) is 0 Å². The van der Waals surface area contributed by atoms with Gasteiger partial charge in [0.15, 0.2) is 0 Å². The molecule has 0 aromatic heterocycles. The number of benzene rings is 2. The van der Waals surface area contributed by atoms with Crippen LogP contribution in [-0.4, -0.2) is 53.2 Å². The second kappa shape index (κ2) is 23.1. The third-order valence-electron chi connectivity index (χ3n) is 10.3. The van der Waals surface area contributed by atoms with Gasteiger partial charge in [0.25, 0.3) is 0 Å². The summed E-state index contributed by atoms with van der Waals surface area (Å²) in [6, 6.07) is 22.7. The van der Waals surface area contributed by atoms with Crippen LogP contribution in [0.4, 0.5) is 4.79 Å². The normalized spacial score (nSPS) is 22.7. The number of amides is 2. The van der Waals surface area contributed by atoms with Crippen LogP contribution in [0.3, 0.4) is 0 Å². The summed E-state index contributed by atoms with van der Waals surface area (Å²) in [5, 5.41) is 6.06. The van der Waals surface area contributed by atoms with Crippen LogP contribution in [0.1, 0.15) is 103 Å². The molecule has 3 aliphatic carbocycles. The van der Waals surface area contributed by atoms with Gasteiger partial charge in [-0.05, 0) is 132 Å². The second-order valence-corrected chi connectivity index (χ2v) is 18.8. The minimum absolute atomic E-state index is 0. The maximum atomic E-state index is 13.5. The van der Waals surface area contributed by atoms with Crippen molar-refractivity contribution in [3.63, 3.8) is 0 Å². The number of hydrogen-bond acceptors (Lipinski definition) is 1. The van der Waals surface area contributed by atoms with Crippen molar-refractivity contribution in [2.45, 2.75) is 126 Å². The molecule has 1 saturated heterocycles. The Labute approximate surface area is 309 Å². The van der Waals surface area contributed by atoms with Gasteiger partial charge < -0.3 is 22.6 Å². The van der Waals surface area contributed by atoms with Gasteiger partial charge in [-0.3, -0.25) is 0 Å². The summed E-state index contributed by atoms with van der Waals surface area (Å²) in [5.41, 5.74) is 2.60. The third kappa shape index (κ3) is 12.6. The number of urea groups is 1. The Balaban J connectivity index is 0.000000527. The van der Waals surface area contributed by atoms with Crippen molar-refractivity contribution >= 4 is 32.5 Å². The largest absolute Gasteiger partial charge is 1.00 e. The maximum Gasteiger partial charge on any atom is 0.317 e. The molecule has 1 N–H and O–H groups in total. The van der Waals surface area contributed by atoms with Crippen LogP contribution in [-0.2, 0) is 19.5 Å². The predicted octanol–water partition coefficient (Wildman–Crippen LogP) is 6.82. The Morgan fingerprint density at radius 3 is 1.57 bits per heavy atom. The van der Waals surface area contributed by atoms with Crippen molar-refractivity contribution in [2.75, 3.05) is 19.3 Å². The molecule has 2 amide bonds. The van der Waals surface area contributed by atoms with Crippen LogP contribution >= 0.6 is 15.8 Å². The molecule has 261 valence electrons. The summed E-state index contributed by atoms with van der Waals surface area (Å²) in [7, 11) is -0.538. The van der Waals surface area contributed by atoms with E-state index in [1.165, 1.54) is 107 Å². The Hall–Kier alpha value is -0.517. The Morgan fingerprint density at radius 1 is 0.702 bits per heavy atom. The van der Waals surface area contributed by atoms with E-state index in [1.54, 1.807) is 0 Å². The summed E-state index contributed by atoms with van der Waals surface area (Å²) in [5.74, 6) is 0. The van der Waals surface area contributed by atoms with Crippen molar-refractivity contribution in [1.82, 2.24) is 10.2 Å². The minimum atomic E-state index is -0.504. The van der Waals surface area contributed by atoms with Gasteiger partial charge in [-0.1, -0.05) is 107 Å². The molecule has 0 spiro atoms. The number of carbonyl (C=O) groups is 1. The molecule has 1 heterocycles. The molecule has 47 heavy (non-hydrogen) atoms. The number of halogens is 1. The molecule has 5 radical (unpaired) electrons. The van der Waals surface area contributed by atoms with Crippen molar-refractivity contribution in [1.29, 1.82) is 0 Å². The first-order valence-electron chi connectivity index (χ1n) is 18.2. The molecule has 0 bridgehead atoms. The van der Waals surface area contributed by atoms with Crippen LogP contribution in [0.25, 0.3) is 0 Å². The molecule has 4 aliphatic rings. The molecule has 2 aromatic carbocycles. The molecular weight excluding hydrogens is 725 g/mol. The van der Waals surface area contributed by atoms with Crippen LogP contribution in [0.5, 0.6) is 0 Å². The number of likely N-dealkylation sites (tertiary alicyclic amines) is 1. The minimum Gasteiger partial charge on any atom is -1.00 e. The Bertz CT molecular complexity index is 1020. The quantitative estimate of drug-likeness (QED) is 0.232. The molecule has 2 atom stereocenters. The van der Waals surface area contributed by atoms with Crippen LogP contribution in [0, 0.1) is 25.7 Å². The fourth-order valence-corrected chi connectivity index (χ4v) is 15.2. The van der Waals surface area contributed by atoms with Gasteiger partial charge in [0.05, 0.1) is 0 Å². The van der Waals surface area contributed by atoms with Crippen LogP contribution in [0.15, 0.2) is 60.7 Å². The zero-order valence-corrected chi connectivity index (χ0v) is 32.8. The average Bonchev–Trinajstić information content (AvgIpc) is 3.49. The van der Waals surface area contributed by atoms with Crippen LogP contribution < -0.4 is 28.3 Å². The van der Waals surface area contributed by atoms with E-state index >= 15 is 0 Å². The zero-order valence-electron chi connectivity index (χ0n) is 28.6. The van der Waals surface area contributed by atoms with E-state index in [0.717, 1.165) is 29.7 Å². The fourth-order valence-electron chi connectivity index (χ4n) is 8.08. The molecule has 3 nitrogen and oxygen atoms in total. The van der Waals surface area contributed by atoms with Crippen molar-refractivity contribution < 1.29 is 36.7 Å². The first kappa shape index (κ1) is 40.9. The first-order chi connectivity index (χ1) is 22.2. The van der Waals surface area contributed by atoms with Gasteiger partial charge in [0.1, 0.15) is 0 Å². The van der Waals surface area contributed by atoms with E-state index in [4.69, 9.17) is 0 Å². The van der Waals surface area contributed by atoms with E-state index < -0.39 is 7.92 Å². The molecule has 2 aromatic rings. The molecule has 0 unspecified atom stereocenters. The van der Waals surface area contributed by atoms with Gasteiger partial charge >= 0.3 is 6.03 Å². The Kier molecular flexibility index (Phi) is 20.1. The average molecular weight is 783 g/mol. The van der Waals surface area contributed by atoms with Gasteiger partial charge in [-0.2, -0.15) is 0 Å². The SMILES string of the molecule is CCNC(=O)N1C[C@@H](P(C2CCCCC2)C2CCCCC2)C[C@H]1CP(c1ccccc1)c1ccccc1.[CH]1[CH]CC[CH][CH]CC1.[Cl-].[Rh]. The topological polar surface area (TPSA) is 32.3 Å². The van der Waals surface area contributed by atoms with E-state index in [9.17, 15) is 4.79 Å². The van der Waals surface area contributed by atoms with Crippen molar-refractivity contribution in [2.24, 2.45) is 0 Å². The molecule has 4 fully saturated rings. The smallest absolute Gasteiger partial charge is 0.317 e. The standard InChI is InChI=1S/C32H46N2OP2.C8H12.ClH.Rh/c1-2-33-32(35)34-24-31(37(29-19-11-5-12-20-29)30-21-13-6-14-22-30)23-26(34)25-36(27-15-7-3-8-16-27)28-17-9-4-10-18-28;1-2-4-6-8-7-5-3-1;;/h3-4,7-10,15-18,26,29-31H,2,5-6,11-14,19-25H2,1H3,(H,33,35);1-2,7-8H,3-6H2;1H;/p-1/t26-,31-;;;/m0.../s1. The van der Waals surface area contributed by atoms with Crippen molar-refractivity contribution in [3.8, 4) is 0 Å². The monoisotopic (exact) mass is 782 g/mol. The molecule has 1 aliphatic heterocycles. The van der Waals surface area contributed by atoms with E-state index in [0.29, 0.717) is 12.6 Å². The Morgan fingerprint density at radius 2 is 1.15 bits per heavy atom. The first-order valence-corrected chi connectivity index (χ1v) is 21.3. The molecular formula is C40H58ClN2OP2Rh-. The summed E-state index contributed by atoms with van der Waals surface area (Å²) in [4.78, 5) is 15.7. The molecule has 6 rings (SSSR count). The summed E-state index contributed by atoms with van der Waals surface area (Å²) >= 11 is 0. The van der Waals surface area contributed by atoms with Gasteiger partial charge in [-0.25, -0.2) is 4.79 Å². The number of nitrogens with zero attached hydrogens (tertiary/aromatic N) is 1. The molecule has 7 heteroatoms. The predicted molar refractivity (Wildman–Crippen MR) is 198 cm³/mol. The maximum absolute atomic E-state index is 13.5. The number of rotatable bonds is 8.